The Labute approximate surface area is 152 Å². The van der Waals surface area contributed by atoms with Crippen molar-refractivity contribution < 1.29 is 0 Å². The minimum atomic E-state index is -0.320. The Morgan fingerprint density at radius 2 is 1.85 bits per heavy atom. The molecule has 0 amide bonds. The van der Waals surface area contributed by atoms with E-state index in [4.69, 9.17) is 0 Å². The van der Waals surface area contributed by atoms with E-state index in [2.05, 4.69) is 25.8 Å². The highest BCUT2D eigenvalue weighted by Crippen LogP contribution is 2.17. The summed E-state index contributed by atoms with van der Waals surface area (Å²) in [6.07, 6.45) is 3.33. The molecule has 0 unspecified atom stereocenters. The van der Waals surface area contributed by atoms with Gasteiger partial charge in [0.1, 0.15) is 0 Å². The first kappa shape index (κ1) is 18.2. The molecule has 138 valence electrons. The normalized spacial score (nSPS) is 11.6. The van der Waals surface area contributed by atoms with Crippen molar-refractivity contribution in [3.63, 3.8) is 0 Å². The van der Waals surface area contributed by atoms with Crippen molar-refractivity contribution in [1.82, 2.24) is 18.7 Å². The number of hydrogen-bond donors (Lipinski definition) is 0. The number of hydrogen-bond acceptors (Lipinski definition) is 3. The Balaban J connectivity index is 2.37. The molecule has 0 spiro atoms. The SMILES string of the molecule is CCCn1cnc2c1c(=O)n(CCC(C)C)c(=O)n2-c1ccccc1C. The number of imidazole rings is 1. The molecule has 2 aromatic heterocycles. The smallest absolute Gasteiger partial charge is 0.325 e. The molecule has 0 aliphatic rings. The van der Waals surface area contributed by atoms with Gasteiger partial charge < -0.3 is 4.57 Å². The second-order valence-electron chi connectivity index (χ2n) is 7.15. The molecule has 0 bridgehead atoms. The molecule has 0 radical (unpaired) electrons. The van der Waals surface area contributed by atoms with E-state index < -0.39 is 0 Å². The molecule has 0 aliphatic carbocycles. The summed E-state index contributed by atoms with van der Waals surface area (Å²) in [4.78, 5) is 30.7. The fourth-order valence-corrected chi connectivity index (χ4v) is 3.21. The van der Waals surface area contributed by atoms with Crippen LogP contribution in [-0.4, -0.2) is 18.7 Å². The molecule has 6 nitrogen and oxygen atoms in total. The Kier molecular flexibility index (Phi) is 5.11. The van der Waals surface area contributed by atoms with Gasteiger partial charge in [0, 0.05) is 13.1 Å². The van der Waals surface area contributed by atoms with Crippen molar-refractivity contribution >= 4 is 11.2 Å². The van der Waals surface area contributed by atoms with E-state index in [0.717, 1.165) is 24.1 Å². The third-order valence-electron chi connectivity index (χ3n) is 4.65. The highest BCUT2D eigenvalue weighted by molar-refractivity contribution is 5.72. The van der Waals surface area contributed by atoms with Crippen LogP contribution in [0.15, 0.2) is 40.2 Å². The van der Waals surface area contributed by atoms with E-state index in [0.29, 0.717) is 30.2 Å². The molecule has 2 heterocycles. The zero-order chi connectivity index (χ0) is 18.8. The lowest BCUT2D eigenvalue weighted by molar-refractivity contribution is 0.491. The van der Waals surface area contributed by atoms with Crippen molar-refractivity contribution in [2.75, 3.05) is 0 Å². The van der Waals surface area contributed by atoms with Crippen molar-refractivity contribution in [2.45, 2.75) is 53.6 Å². The first-order valence-corrected chi connectivity index (χ1v) is 9.22. The summed E-state index contributed by atoms with van der Waals surface area (Å²) >= 11 is 0. The second kappa shape index (κ2) is 7.32. The third kappa shape index (κ3) is 3.11. The van der Waals surface area contributed by atoms with E-state index in [9.17, 15) is 9.59 Å². The summed E-state index contributed by atoms with van der Waals surface area (Å²) in [7, 11) is 0. The number of nitrogens with zero attached hydrogens (tertiary/aromatic N) is 4. The van der Waals surface area contributed by atoms with Gasteiger partial charge >= 0.3 is 5.69 Å². The predicted molar refractivity (Wildman–Crippen MR) is 104 cm³/mol. The van der Waals surface area contributed by atoms with Crippen molar-refractivity contribution in [3.8, 4) is 5.69 Å². The average molecular weight is 354 g/mol. The average Bonchev–Trinajstić information content (AvgIpc) is 3.00. The van der Waals surface area contributed by atoms with Gasteiger partial charge in [0.2, 0.25) is 0 Å². The maximum absolute atomic E-state index is 13.2. The van der Waals surface area contributed by atoms with Crippen LogP contribution in [0.5, 0.6) is 0 Å². The van der Waals surface area contributed by atoms with E-state index in [-0.39, 0.29) is 11.2 Å². The number of rotatable bonds is 6. The van der Waals surface area contributed by atoms with E-state index in [1.54, 1.807) is 10.9 Å². The number of aromatic nitrogens is 4. The van der Waals surface area contributed by atoms with Gasteiger partial charge in [-0.25, -0.2) is 14.3 Å². The molecule has 3 aromatic rings. The van der Waals surface area contributed by atoms with Crippen molar-refractivity contribution in [3.05, 3.63) is 57.0 Å². The summed E-state index contributed by atoms with van der Waals surface area (Å²) in [6.45, 7) is 9.30. The predicted octanol–water partition coefficient (Wildman–Crippen LogP) is 3.11. The van der Waals surface area contributed by atoms with Crippen LogP contribution in [0, 0.1) is 12.8 Å². The van der Waals surface area contributed by atoms with Gasteiger partial charge in [0.25, 0.3) is 5.56 Å². The van der Waals surface area contributed by atoms with Crippen LogP contribution in [-0.2, 0) is 13.1 Å². The lowest BCUT2D eigenvalue weighted by Gasteiger charge is -2.14. The lowest BCUT2D eigenvalue weighted by atomic mass is 10.1. The largest absolute Gasteiger partial charge is 0.337 e. The Hall–Kier alpha value is -2.63. The Morgan fingerprint density at radius 3 is 2.50 bits per heavy atom. The summed E-state index contributed by atoms with van der Waals surface area (Å²) in [5, 5.41) is 0. The molecule has 0 fully saturated rings. The highest BCUT2D eigenvalue weighted by atomic mass is 16.2. The molecular formula is C20H26N4O2. The second-order valence-corrected chi connectivity index (χ2v) is 7.15. The van der Waals surface area contributed by atoms with Gasteiger partial charge in [-0.2, -0.15) is 0 Å². The molecule has 0 saturated heterocycles. The monoisotopic (exact) mass is 354 g/mol. The Morgan fingerprint density at radius 1 is 1.12 bits per heavy atom. The summed E-state index contributed by atoms with van der Waals surface area (Å²) < 4.78 is 4.80. The minimum absolute atomic E-state index is 0.249. The van der Waals surface area contributed by atoms with Gasteiger partial charge in [-0.3, -0.25) is 9.36 Å². The van der Waals surface area contributed by atoms with Crippen LogP contribution >= 0.6 is 0 Å². The van der Waals surface area contributed by atoms with Crippen LogP contribution in [0.25, 0.3) is 16.9 Å². The standard InChI is InChI=1S/C20H26N4O2/c1-5-11-22-13-21-18-17(22)19(25)23(12-10-14(2)3)20(26)24(18)16-9-7-6-8-15(16)4/h6-9,13-14H,5,10-12H2,1-4H3. The van der Waals surface area contributed by atoms with E-state index in [1.807, 2.05) is 35.8 Å². The Bertz CT molecular complexity index is 1040. The first-order chi connectivity index (χ1) is 12.5. The van der Waals surface area contributed by atoms with Crippen LogP contribution in [0.3, 0.4) is 0 Å². The summed E-state index contributed by atoms with van der Waals surface area (Å²) in [6, 6.07) is 7.69. The fourth-order valence-electron chi connectivity index (χ4n) is 3.21. The molecule has 0 saturated carbocycles. The molecule has 3 rings (SSSR count). The molecule has 26 heavy (non-hydrogen) atoms. The quantitative estimate of drug-likeness (QED) is 0.683. The molecule has 6 heteroatoms. The van der Waals surface area contributed by atoms with E-state index >= 15 is 0 Å². The van der Waals surface area contributed by atoms with Gasteiger partial charge in [-0.1, -0.05) is 39.0 Å². The molecule has 1 aromatic carbocycles. The molecular weight excluding hydrogens is 328 g/mol. The first-order valence-electron chi connectivity index (χ1n) is 9.22. The minimum Gasteiger partial charge on any atom is -0.325 e. The maximum atomic E-state index is 13.2. The number of aryl methyl sites for hydroxylation is 2. The molecule has 0 N–H and O–H groups in total. The molecule has 0 aliphatic heterocycles. The van der Waals surface area contributed by atoms with Crippen LogP contribution in [0.4, 0.5) is 0 Å². The van der Waals surface area contributed by atoms with Crippen molar-refractivity contribution in [2.24, 2.45) is 5.92 Å². The number of benzene rings is 1. The lowest BCUT2D eigenvalue weighted by Crippen LogP contribution is -2.40. The fraction of sp³-hybridized carbons (Fsp3) is 0.450. The summed E-state index contributed by atoms with van der Waals surface area (Å²) in [5.41, 5.74) is 2.10. The van der Waals surface area contributed by atoms with Crippen LogP contribution < -0.4 is 11.2 Å². The topological polar surface area (TPSA) is 61.8 Å². The number of para-hydroxylation sites is 1. The highest BCUT2D eigenvalue weighted by Gasteiger charge is 2.19. The van der Waals surface area contributed by atoms with Gasteiger partial charge in [0.05, 0.1) is 12.0 Å². The molecule has 0 atom stereocenters. The van der Waals surface area contributed by atoms with E-state index in [1.165, 1.54) is 4.57 Å². The van der Waals surface area contributed by atoms with Crippen LogP contribution in [0.2, 0.25) is 0 Å². The third-order valence-corrected chi connectivity index (χ3v) is 4.65. The maximum Gasteiger partial charge on any atom is 0.337 e. The zero-order valence-corrected chi connectivity index (χ0v) is 15.9. The van der Waals surface area contributed by atoms with Gasteiger partial charge in [0.15, 0.2) is 11.2 Å². The number of fused-ring (bicyclic) bond motifs is 1. The zero-order valence-electron chi connectivity index (χ0n) is 15.9. The van der Waals surface area contributed by atoms with Crippen LogP contribution in [0.1, 0.15) is 39.2 Å². The van der Waals surface area contributed by atoms with Crippen molar-refractivity contribution in [1.29, 1.82) is 0 Å². The summed E-state index contributed by atoms with van der Waals surface area (Å²) in [5.74, 6) is 0.407. The van der Waals surface area contributed by atoms with Gasteiger partial charge in [-0.05, 0) is 37.3 Å². The van der Waals surface area contributed by atoms with Gasteiger partial charge in [-0.15, -0.1) is 0 Å².